The first-order chi connectivity index (χ1) is 10.9. The number of rotatable bonds is 5. The molecule has 5 heteroatoms. The normalized spacial score (nSPS) is 31.1. The van der Waals surface area contributed by atoms with Crippen molar-refractivity contribution in [1.82, 2.24) is 0 Å². The van der Waals surface area contributed by atoms with Crippen LogP contribution in [0, 0.1) is 11.8 Å². The number of hydrogen-bond acceptors (Lipinski definition) is 5. The molecule has 2 unspecified atom stereocenters. The van der Waals surface area contributed by atoms with Crippen molar-refractivity contribution in [3.63, 3.8) is 0 Å². The molecule has 0 aliphatic carbocycles. The van der Waals surface area contributed by atoms with Gasteiger partial charge in [-0.1, -0.05) is 45.9 Å². The lowest BCUT2D eigenvalue weighted by Crippen LogP contribution is -2.50. The van der Waals surface area contributed by atoms with Gasteiger partial charge < -0.3 is 14.6 Å². The zero-order valence-corrected chi connectivity index (χ0v) is 15.0. The molecule has 1 N–H and O–H groups in total. The molecule has 1 aromatic rings. The van der Waals surface area contributed by atoms with E-state index in [-0.39, 0.29) is 29.8 Å². The van der Waals surface area contributed by atoms with E-state index in [1.54, 1.807) is 36.0 Å². The lowest BCUT2D eigenvalue weighted by atomic mass is 9.86. The molecule has 1 heterocycles. The fourth-order valence-corrected chi connectivity index (χ4v) is 3.89. The van der Waals surface area contributed by atoms with Gasteiger partial charge in [0.05, 0.1) is 11.7 Å². The topological polar surface area (TPSA) is 55.8 Å². The van der Waals surface area contributed by atoms with Crippen molar-refractivity contribution >= 4 is 17.7 Å². The maximum Gasteiger partial charge on any atom is 0.338 e. The molecular weight excluding hydrogens is 312 g/mol. The summed E-state index contributed by atoms with van der Waals surface area (Å²) in [6.07, 6.45) is -1.11. The second kappa shape index (κ2) is 8.18. The van der Waals surface area contributed by atoms with Crippen molar-refractivity contribution in [2.75, 3.05) is 6.61 Å². The Hall–Kier alpha value is -1.04. The minimum atomic E-state index is -0.627. The highest BCUT2D eigenvalue weighted by molar-refractivity contribution is 8.00. The quantitative estimate of drug-likeness (QED) is 0.835. The molecular formula is C18H26O4S. The van der Waals surface area contributed by atoms with E-state index in [0.29, 0.717) is 10.8 Å². The Bertz CT molecular complexity index is 505. The highest BCUT2D eigenvalue weighted by Crippen LogP contribution is 2.37. The zero-order chi connectivity index (χ0) is 17.0. The highest BCUT2D eigenvalue weighted by Gasteiger charge is 2.41. The van der Waals surface area contributed by atoms with Gasteiger partial charge in [-0.05, 0) is 24.0 Å². The average Bonchev–Trinajstić information content (AvgIpc) is 2.54. The number of benzene rings is 1. The van der Waals surface area contributed by atoms with Gasteiger partial charge in [0.2, 0.25) is 0 Å². The van der Waals surface area contributed by atoms with E-state index >= 15 is 0 Å². The van der Waals surface area contributed by atoms with Gasteiger partial charge >= 0.3 is 5.97 Å². The highest BCUT2D eigenvalue weighted by atomic mass is 32.2. The molecule has 1 aliphatic rings. The third-order valence-electron chi connectivity index (χ3n) is 4.28. The fraction of sp³-hybridized carbons (Fsp3) is 0.611. The van der Waals surface area contributed by atoms with E-state index in [1.165, 1.54) is 0 Å². The molecule has 0 saturated carbocycles. The molecule has 1 fully saturated rings. The first kappa shape index (κ1) is 18.3. The molecule has 1 saturated heterocycles. The molecule has 0 bridgehead atoms. The summed E-state index contributed by atoms with van der Waals surface area (Å²) in [5.74, 6) is -0.0420. The fourth-order valence-electron chi connectivity index (χ4n) is 2.65. The van der Waals surface area contributed by atoms with E-state index in [1.807, 2.05) is 13.0 Å². The summed E-state index contributed by atoms with van der Waals surface area (Å²) >= 11 is 1.75. The Morgan fingerprint density at radius 3 is 2.52 bits per heavy atom. The van der Waals surface area contributed by atoms with Gasteiger partial charge in [-0.15, -0.1) is 11.8 Å². The first-order valence-electron chi connectivity index (χ1n) is 8.11. The van der Waals surface area contributed by atoms with Crippen LogP contribution in [0.5, 0.6) is 0 Å². The number of aliphatic hydroxyl groups is 1. The molecule has 0 amide bonds. The molecule has 5 atom stereocenters. The maximum atomic E-state index is 12.0. The molecule has 2 rings (SSSR count). The number of esters is 1. The largest absolute Gasteiger partial charge is 0.459 e. The van der Waals surface area contributed by atoms with Crippen molar-refractivity contribution in [2.45, 2.75) is 50.6 Å². The van der Waals surface area contributed by atoms with Gasteiger partial charge in [-0.3, -0.25) is 0 Å². The van der Waals surface area contributed by atoms with Gasteiger partial charge in [0, 0.05) is 5.25 Å². The van der Waals surface area contributed by atoms with Crippen molar-refractivity contribution in [2.24, 2.45) is 11.8 Å². The minimum Gasteiger partial charge on any atom is -0.459 e. The summed E-state index contributed by atoms with van der Waals surface area (Å²) in [4.78, 5) is 12.0. The van der Waals surface area contributed by atoms with Crippen LogP contribution >= 0.6 is 11.8 Å². The van der Waals surface area contributed by atoms with Gasteiger partial charge in [0.25, 0.3) is 0 Å². The summed E-state index contributed by atoms with van der Waals surface area (Å²) in [5.41, 5.74) is 0.515. The van der Waals surface area contributed by atoms with Crippen LogP contribution in [0.25, 0.3) is 0 Å². The van der Waals surface area contributed by atoms with Gasteiger partial charge in [-0.2, -0.15) is 0 Å². The summed E-state index contributed by atoms with van der Waals surface area (Å²) in [5, 5.41) is 10.9. The van der Waals surface area contributed by atoms with Crippen LogP contribution in [-0.4, -0.2) is 40.6 Å². The van der Waals surface area contributed by atoms with E-state index in [9.17, 15) is 9.90 Å². The van der Waals surface area contributed by atoms with Crippen molar-refractivity contribution in [3.8, 4) is 0 Å². The summed E-state index contributed by atoms with van der Waals surface area (Å²) in [6, 6.07) is 8.86. The molecule has 0 aromatic heterocycles. The van der Waals surface area contributed by atoms with Crippen molar-refractivity contribution in [3.05, 3.63) is 35.9 Å². The predicted octanol–water partition coefficient (Wildman–Crippen LogP) is 3.34. The number of thioether (sulfide) groups is 1. The predicted molar refractivity (Wildman–Crippen MR) is 92.4 cm³/mol. The third kappa shape index (κ3) is 4.72. The van der Waals surface area contributed by atoms with Crippen molar-refractivity contribution < 1.29 is 19.4 Å². The molecule has 0 radical (unpaired) electrons. The third-order valence-corrected chi connectivity index (χ3v) is 5.63. The molecule has 128 valence electrons. The van der Waals surface area contributed by atoms with Crippen LogP contribution in [-0.2, 0) is 9.47 Å². The lowest BCUT2D eigenvalue weighted by Gasteiger charge is -2.42. The second-order valence-corrected chi connectivity index (χ2v) is 8.08. The van der Waals surface area contributed by atoms with E-state index in [4.69, 9.17) is 9.47 Å². The van der Waals surface area contributed by atoms with E-state index in [2.05, 4.69) is 20.8 Å². The summed E-state index contributed by atoms with van der Waals surface area (Å²) in [7, 11) is 0. The molecule has 4 nitrogen and oxygen atoms in total. The average molecular weight is 338 g/mol. The summed E-state index contributed by atoms with van der Waals surface area (Å²) < 4.78 is 11.4. The van der Waals surface area contributed by atoms with Crippen LogP contribution in [0.3, 0.4) is 0 Å². The molecule has 1 aromatic carbocycles. The summed E-state index contributed by atoms with van der Waals surface area (Å²) in [6.45, 7) is 8.45. The Morgan fingerprint density at radius 1 is 1.26 bits per heavy atom. The molecule has 0 spiro atoms. The van der Waals surface area contributed by atoms with Gasteiger partial charge in [0.1, 0.15) is 18.1 Å². The minimum absolute atomic E-state index is 0.00817. The van der Waals surface area contributed by atoms with Crippen LogP contribution < -0.4 is 0 Å². The SMILES string of the molecule is CC(C)S[C@@H]1OC(COC(=O)c2ccccc2)[C@H](O)[C@H](C)C1C. The number of carbonyl (C=O) groups excluding carboxylic acids is 1. The Morgan fingerprint density at radius 2 is 1.91 bits per heavy atom. The van der Waals surface area contributed by atoms with Crippen LogP contribution in [0.2, 0.25) is 0 Å². The van der Waals surface area contributed by atoms with Crippen LogP contribution in [0.15, 0.2) is 30.3 Å². The standard InChI is InChI=1S/C18H26O4S/c1-11(2)23-18-13(4)12(3)16(19)15(22-18)10-21-17(20)14-8-6-5-7-9-14/h5-9,11-13,15-16,18-19H,10H2,1-4H3/t12-,13?,15?,16-,18+/m1/s1. The zero-order valence-electron chi connectivity index (χ0n) is 14.1. The molecule has 1 aliphatic heterocycles. The van der Waals surface area contributed by atoms with Crippen LogP contribution in [0.4, 0.5) is 0 Å². The number of hydrogen-bond donors (Lipinski definition) is 1. The Labute approximate surface area is 142 Å². The van der Waals surface area contributed by atoms with Gasteiger partial charge in [-0.25, -0.2) is 4.79 Å². The van der Waals surface area contributed by atoms with E-state index < -0.39 is 12.2 Å². The Kier molecular flexibility index (Phi) is 6.50. The van der Waals surface area contributed by atoms with Gasteiger partial charge in [0.15, 0.2) is 0 Å². The maximum absolute atomic E-state index is 12.0. The van der Waals surface area contributed by atoms with E-state index in [0.717, 1.165) is 0 Å². The number of carbonyl (C=O) groups is 1. The molecule has 23 heavy (non-hydrogen) atoms. The Balaban J connectivity index is 1.96. The monoisotopic (exact) mass is 338 g/mol. The lowest BCUT2D eigenvalue weighted by molar-refractivity contribution is -0.153. The first-order valence-corrected chi connectivity index (χ1v) is 9.05. The second-order valence-electron chi connectivity index (χ2n) is 6.40. The van der Waals surface area contributed by atoms with Crippen LogP contribution in [0.1, 0.15) is 38.1 Å². The number of aliphatic hydroxyl groups excluding tert-OH is 1. The van der Waals surface area contributed by atoms with Crippen molar-refractivity contribution in [1.29, 1.82) is 0 Å². The smallest absolute Gasteiger partial charge is 0.338 e. The number of ether oxygens (including phenoxy) is 2.